The Kier molecular flexibility index (Phi) is 5.73. The third-order valence-corrected chi connectivity index (χ3v) is 8.85. The predicted octanol–water partition coefficient (Wildman–Crippen LogP) is 6.80. The molecule has 0 N–H and O–H groups in total. The van der Waals surface area contributed by atoms with Crippen molar-refractivity contribution >= 4 is 40.7 Å². The number of carbonyl (C=O) groups is 3. The van der Waals surface area contributed by atoms with E-state index in [1.165, 1.54) is 24.3 Å². The average Bonchev–Trinajstić information content (AvgIpc) is 3.43. The highest BCUT2D eigenvalue weighted by atomic mass is 35.5. The Balaban J connectivity index is 1.55. The summed E-state index contributed by atoms with van der Waals surface area (Å²) in [5.41, 5.74) is 1.40. The van der Waals surface area contributed by atoms with Crippen molar-refractivity contribution in [1.29, 1.82) is 0 Å². The van der Waals surface area contributed by atoms with Gasteiger partial charge in [-0.15, -0.1) is 0 Å². The molecule has 5 nitrogen and oxygen atoms in total. The van der Waals surface area contributed by atoms with Crippen LogP contribution in [0, 0.1) is 11.2 Å². The van der Waals surface area contributed by atoms with Gasteiger partial charge in [0.15, 0.2) is 17.3 Å². The van der Waals surface area contributed by atoms with Crippen LogP contribution in [0.2, 0.25) is 5.02 Å². The Morgan fingerprint density at radius 2 is 1.61 bits per heavy atom. The van der Waals surface area contributed by atoms with E-state index in [0.717, 1.165) is 5.56 Å². The van der Waals surface area contributed by atoms with Crippen molar-refractivity contribution in [3.63, 3.8) is 0 Å². The van der Waals surface area contributed by atoms with Crippen molar-refractivity contribution in [3.8, 4) is 5.75 Å². The quantitative estimate of drug-likeness (QED) is 0.202. The van der Waals surface area contributed by atoms with E-state index in [9.17, 15) is 18.8 Å². The molecule has 2 heterocycles. The number of methoxy groups -OCH3 is 1. The number of Topliss-reactive ketones (excluding diaryl/α,β-unsaturated/α-hetero) is 3. The molecule has 1 spiro atoms. The predicted molar refractivity (Wildman–Crippen MR) is 155 cm³/mol. The average molecular weight is 564 g/mol. The summed E-state index contributed by atoms with van der Waals surface area (Å²) in [7, 11) is 1.54. The zero-order valence-electron chi connectivity index (χ0n) is 21.9. The Morgan fingerprint density at radius 3 is 2.29 bits per heavy atom. The highest BCUT2D eigenvalue weighted by Crippen LogP contribution is 2.61. The van der Waals surface area contributed by atoms with Crippen molar-refractivity contribution in [3.05, 3.63) is 136 Å². The number of nitrogens with zero attached hydrogens (tertiary/aromatic N) is 1. The van der Waals surface area contributed by atoms with Crippen LogP contribution in [0.3, 0.4) is 0 Å². The molecule has 7 rings (SSSR count). The van der Waals surface area contributed by atoms with E-state index in [2.05, 4.69) is 0 Å². The molecule has 2 aliphatic heterocycles. The number of hydrogen-bond acceptors (Lipinski definition) is 5. The lowest BCUT2D eigenvalue weighted by molar-refractivity contribution is 0.0665. The van der Waals surface area contributed by atoms with Crippen LogP contribution in [-0.4, -0.2) is 36.5 Å². The van der Waals surface area contributed by atoms with Gasteiger partial charge in [-0.2, -0.15) is 0 Å². The molecule has 0 radical (unpaired) electrons. The Bertz CT molecular complexity index is 1760. The molecule has 202 valence electrons. The smallest absolute Gasteiger partial charge is 0.185 e. The lowest BCUT2D eigenvalue weighted by atomic mass is 9.64. The first-order valence-corrected chi connectivity index (χ1v) is 13.6. The van der Waals surface area contributed by atoms with Crippen LogP contribution >= 0.6 is 11.6 Å². The minimum Gasteiger partial charge on any atom is -0.497 e. The van der Waals surface area contributed by atoms with Gasteiger partial charge in [-0.1, -0.05) is 60.2 Å². The van der Waals surface area contributed by atoms with Gasteiger partial charge in [0.2, 0.25) is 0 Å². The molecule has 4 aromatic carbocycles. The van der Waals surface area contributed by atoms with Gasteiger partial charge in [0.05, 0.1) is 13.2 Å². The SMILES string of the molecule is COc1cccc([C@H]2[C@H](C(=O)c3ccc(F)cc3)N3c4ccc(Cl)cc4C=C[C@@H]3C23C(=O)c2ccccc2C3=O)c1. The molecule has 4 aromatic rings. The molecule has 3 aliphatic rings. The minimum atomic E-state index is -1.63. The van der Waals surface area contributed by atoms with Crippen molar-refractivity contribution in [1.82, 2.24) is 0 Å². The molecule has 1 aliphatic carbocycles. The fraction of sp³-hybridized carbons (Fsp3) is 0.147. The van der Waals surface area contributed by atoms with Crippen molar-refractivity contribution in [2.75, 3.05) is 12.0 Å². The summed E-state index contributed by atoms with van der Waals surface area (Å²) in [6, 6.07) is 23.0. The van der Waals surface area contributed by atoms with Crippen LogP contribution in [0.1, 0.15) is 48.1 Å². The summed E-state index contributed by atoms with van der Waals surface area (Å²) in [5.74, 6) is -1.79. The lowest BCUT2D eigenvalue weighted by Gasteiger charge is -2.37. The Hall–Kier alpha value is -4.55. The number of ether oxygens (including phenoxy) is 1. The number of carbonyl (C=O) groups excluding carboxylic acids is 3. The first kappa shape index (κ1) is 25.4. The first-order valence-electron chi connectivity index (χ1n) is 13.2. The van der Waals surface area contributed by atoms with Crippen LogP contribution in [0.15, 0.2) is 97.1 Å². The summed E-state index contributed by atoms with van der Waals surface area (Å²) < 4.78 is 19.4. The van der Waals surface area contributed by atoms with Crippen molar-refractivity contribution in [2.24, 2.45) is 5.41 Å². The monoisotopic (exact) mass is 563 g/mol. The number of benzene rings is 4. The minimum absolute atomic E-state index is 0.278. The van der Waals surface area contributed by atoms with Crippen LogP contribution in [0.5, 0.6) is 5.75 Å². The number of anilines is 1. The van der Waals surface area contributed by atoms with Crippen LogP contribution in [0.25, 0.3) is 6.08 Å². The molecule has 0 unspecified atom stereocenters. The molecule has 1 fully saturated rings. The zero-order valence-corrected chi connectivity index (χ0v) is 22.6. The molecule has 0 amide bonds. The number of fused-ring (bicyclic) bond motifs is 5. The number of ketones is 3. The maximum Gasteiger partial charge on any atom is 0.185 e. The van der Waals surface area contributed by atoms with Gasteiger partial charge in [-0.05, 0) is 65.7 Å². The second-order valence-electron chi connectivity index (χ2n) is 10.6. The number of hydrogen-bond donors (Lipinski definition) is 0. The standard InChI is InChI=1S/C34H23ClFNO4/c1-41-24-6-4-5-21(18-24)29-30(31(38)19-9-13-23(36)14-10-19)37-27-15-12-22(35)17-20(27)11-16-28(37)34(29)32(39)25-7-2-3-8-26(25)33(34)40/h2-18,28-30H,1H3/t28-,29+,30-/m1/s1. The van der Waals surface area contributed by atoms with Gasteiger partial charge in [0, 0.05) is 33.3 Å². The molecule has 7 heteroatoms. The van der Waals surface area contributed by atoms with Gasteiger partial charge in [-0.3, -0.25) is 14.4 Å². The molecular formula is C34H23ClFNO4. The normalized spacial score (nSPS) is 21.5. The summed E-state index contributed by atoms with van der Waals surface area (Å²) in [5, 5.41) is 0.520. The summed E-state index contributed by atoms with van der Waals surface area (Å²) >= 11 is 6.34. The lowest BCUT2D eigenvalue weighted by Crippen LogP contribution is -2.48. The highest BCUT2D eigenvalue weighted by molar-refractivity contribution is 6.32. The maximum absolute atomic E-state index is 14.6. The van der Waals surface area contributed by atoms with Crippen molar-refractivity contribution < 1.29 is 23.5 Å². The molecule has 1 saturated heterocycles. The molecule has 0 bridgehead atoms. The van der Waals surface area contributed by atoms with E-state index < -0.39 is 29.2 Å². The van der Waals surface area contributed by atoms with Gasteiger partial charge < -0.3 is 9.64 Å². The van der Waals surface area contributed by atoms with Crippen LogP contribution < -0.4 is 9.64 Å². The molecule has 0 saturated carbocycles. The van der Waals surface area contributed by atoms with E-state index in [1.807, 2.05) is 29.2 Å². The second kappa shape index (κ2) is 9.25. The Labute approximate surface area is 240 Å². The van der Waals surface area contributed by atoms with E-state index >= 15 is 0 Å². The van der Waals surface area contributed by atoms with E-state index in [-0.39, 0.29) is 22.9 Å². The van der Waals surface area contributed by atoms with Gasteiger partial charge in [0.1, 0.15) is 23.0 Å². The largest absolute Gasteiger partial charge is 0.497 e. The third-order valence-electron chi connectivity index (χ3n) is 8.62. The molecule has 3 atom stereocenters. The third kappa shape index (κ3) is 3.50. The maximum atomic E-state index is 14.6. The van der Waals surface area contributed by atoms with Crippen molar-refractivity contribution in [2.45, 2.75) is 18.0 Å². The fourth-order valence-corrected chi connectivity index (χ4v) is 7.12. The van der Waals surface area contributed by atoms with Gasteiger partial charge >= 0.3 is 0 Å². The van der Waals surface area contributed by atoms with E-state index in [0.29, 0.717) is 33.1 Å². The Morgan fingerprint density at radius 1 is 0.902 bits per heavy atom. The summed E-state index contributed by atoms with van der Waals surface area (Å²) in [6.07, 6.45) is 3.70. The molecule has 0 aromatic heterocycles. The summed E-state index contributed by atoms with van der Waals surface area (Å²) in [6.45, 7) is 0. The zero-order chi connectivity index (χ0) is 28.5. The molecular weight excluding hydrogens is 541 g/mol. The number of rotatable bonds is 4. The topological polar surface area (TPSA) is 63.7 Å². The van der Waals surface area contributed by atoms with Crippen LogP contribution in [0.4, 0.5) is 10.1 Å². The van der Waals surface area contributed by atoms with Gasteiger partial charge in [-0.25, -0.2) is 4.39 Å². The number of halogens is 2. The van der Waals surface area contributed by atoms with E-state index in [1.54, 1.807) is 61.7 Å². The fourth-order valence-electron chi connectivity index (χ4n) is 6.94. The van der Waals surface area contributed by atoms with E-state index in [4.69, 9.17) is 16.3 Å². The first-order chi connectivity index (χ1) is 19.9. The highest BCUT2D eigenvalue weighted by Gasteiger charge is 2.71. The molecule has 41 heavy (non-hydrogen) atoms. The summed E-state index contributed by atoms with van der Waals surface area (Å²) in [4.78, 5) is 45.8. The second-order valence-corrected chi connectivity index (χ2v) is 11.0. The van der Waals surface area contributed by atoms with Crippen LogP contribution in [-0.2, 0) is 0 Å². The van der Waals surface area contributed by atoms with Gasteiger partial charge in [0.25, 0.3) is 0 Å².